The zero-order valence-electron chi connectivity index (χ0n) is 8.71. The van der Waals surface area contributed by atoms with E-state index in [0.717, 1.165) is 29.6 Å². The standard InChI is InChI=1S/C12H16BrNO/c13-10-5-4-9(12(14)8-10)7-11-3-1-2-6-15-11/h4-5,8,11H,1-3,6-7,14H2. The van der Waals surface area contributed by atoms with Crippen LogP contribution in [0.1, 0.15) is 24.8 Å². The lowest BCUT2D eigenvalue weighted by Gasteiger charge is -2.23. The maximum Gasteiger partial charge on any atom is 0.0616 e. The number of halogens is 1. The molecule has 0 bridgehead atoms. The van der Waals surface area contributed by atoms with Crippen LogP contribution in [0.4, 0.5) is 5.69 Å². The van der Waals surface area contributed by atoms with Crippen molar-refractivity contribution in [3.05, 3.63) is 28.2 Å². The summed E-state index contributed by atoms with van der Waals surface area (Å²) in [5.41, 5.74) is 8.01. The summed E-state index contributed by atoms with van der Waals surface area (Å²) in [5, 5.41) is 0. The molecular formula is C12H16BrNO. The molecule has 0 saturated carbocycles. The van der Waals surface area contributed by atoms with Gasteiger partial charge in [-0.3, -0.25) is 0 Å². The van der Waals surface area contributed by atoms with Crippen LogP contribution in [0, 0.1) is 0 Å². The van der Waals surface area contributed by atoms with Gasteiger partial charge in [-0.05, 0) is 37.0 Å². The summed E-state index contributed by atoms with van der Waals surface area (Å²) in [4.78, 5) is 0. The predicted molar refractivity (Wildman–Crippen MR) is 65.8 cm³/mol. The fourth-order valence-electron chi connectivity index (χ4n) is 1.97. The highest BCUT2D eigenvalue weighted by Gasteiger charge is 2.15. The van der Waals surface area contributed by atoms with Gasteiger partial charge in [0.05, 0.1) is 6.10 Å². The van der Waals surface area contributed by atoms with Crippen LogP contribution in [0.2, 0.25) is 0 Å². The molecule has 1 heterocycles. The molecule has 0 amide bonds. The van der Waals surface area contributed by atoms with E-state index in [1.54, 1.807) is 0 Å². The van der Waals surface area contributed by atoms with Crippen LogP contribution in [0.5, 0.6) is 0 Å². The zero-order valence-corrected chi connectivity index (χ0v) is 10.3. The number of hydrogen-bond donors (Lipinski definition) is 1. The van der Waals surface area contributed by atoms with E-state index in [1.165, 1.54) is 18.4 Å². The van der Waals surface area contributed by atoms with Crippen molar-refractivity contribution in [2.24, 2.45) is 0 Å². The summed E-state index contributed by atoms with van der Waals surface area (Å²) >= 11 is 3.41. The molecule has 1 aromatic rings. The molecule has 1 unspecified atom stereocenters. The second-order valence-corrected chi connectivity index (χ2v) is 4.95. The molecule has 1 aliphatic heterocycles. The van der Waals surface area contributed by atoms with Crippen LogP contribution in [-0.2, 0) is 11.2 Å². The minimum atomic E-state index is 0.363. The molecule has 1 aliphatic rings. The third-order valence-electron chi connectivity index (χ3n) is 2.83. The van der Waals surface area contributed by atoms with Crippen molar-refractivity contribution in [2.75, 3.05) is 12.3 Å². The maximum atomic E-state index is 5.95. The minimum absolute atomic E-state index is 0.363. The minimum Gasteiger partial charge on any atom is -0.398 e. The summed E-state index contributed by atoms with van der Waals surface area (Å²) in [6, 6.07) is 6.07. The Labute approximate surface area is 98.9 Å². The van der Waals surface area contributed by atoms with Crippen LogP contribution < -0.4 is 5.73 Å². The zero-order chi connectivity index (χ0) is 10.7. The molecule has 1 aromatic carbocycles. The number of ether oxygens (including phenoxy) is 1. The Morgan fingerprint density at radius 1 is 1.40 bits per heavy atom. The second-order valence-electron chi connectivity index (χ2n) is 4.04. The third kappa shape index (κ3) is 2.95. The summed E-state index contributed by atoms with van der Waals surface area (Å²) in [5.74, 6) is 0. The first-order chi connectivity index (χ1) is 7.25. The van der Waals surface area contributed by atoms with E-state index in [0.29, 0.717) is 6.10 Å². The van der Waals surface area contributed by atoms with E-state index in [4.69, 9.17) is 10.5 Å². The quantitative estimate of drug-likeness (QED) is 0.838. The van der Waals surface area contributed by atoms with Gasteiger partial charge in [0, 0.05) is 23.2 Å². The SMILES string of the molecule is Nc1cc(Br)ccc1CC1CCCCO1. The van der Waals surface area contributed by atoms with Gasteiger partial charge in [0.25, 0.3) is 0 Å². The van der Waals surface area contributed by atoms with Crippen molar-refractivity contribution in [3.8, 4) is 0 Å². The van der Waals surface area contributed by atoms with Gasteiger partial charge in [0.15, 0.2) is 0 Å². The smallest absolute Gasteiger partial charge is 0.0616 e. The van der Waals surface area contributed by atoms with Crippen LogP contribution in [0.15, 0.2) is 22.7 Å². The fourth-order valence-corrected chi connectivity index (χ4v) is 2.34. The van der Waals surface area contributed by atoms with Gasteiger partial charge in [-0.25, -0.2) is 0 Å². The Balaban J connectivity index is 2.03. The van der Waals surface area contributed by atoms with E-state index in [1.807, 2.05) is 12.1 Å². The van der Waals surface area contributed by atoms with Gasteiger partial charge < -0.3 is 10.5 Å². The van der Waals surface area contributed by atoms with Crippen molar-refractivity contribution in [3.63, 3.8) is 0 Å². The first kappa shape index (κ1) is 11.0. The monoisotopic (exact) mass is 269 g/mol. The molecule has 1 atom stereocenters. The van der Waals surface area contributed by atoms with Gasteiger partial charge in [-0.15, -0.1) is 0 Å². The van der Waals surface area contributed by atoms with Gasteiger partial charge >= 0.3 is 0 Å². The number of anilines is 1. The molecule has 1 saturated heterocycles. The summed E-state index contributed by atoms with van der Waals surface area (Å²) in [6.45, 7) is 0.904. The largest absolute Gasteiger partial charge is 0.398 e. The molecule has 0 spiro atoms. The Bertz CT molecular complexity index is 334. The molecule has 0 aromatic heterocycles. The average Bonchev–Trinajstić information content (AvgIpc) is 2.24. The Hall–Kier alpha value is -0.540. The Kier molecular flexibility index (Phi) is 3.65. The second kappa shape index (κ2) is 4.99. The molecule has 15 heavy (non-hydrogen) atoms. The molecule has 0 radical (unpaired) electrons. The topological polar surface area (TPSA) is 35.2 Å². The van der Waals surface area contributed by atoms with E-state index in [-0.39, 0.29) is 0 Å². The molecule has 2 rings (SSSR count). The van der Waals surface area contributed by atoms with Crippen molar-refractivity contribution in [2.45, 2.75) is 31.8 Å². The predicted octanol–water partition coefficient (Wildman–Crippen LogP) is 3.14. The van der Waals surface area contributed by atoms with Crippen molar-refractivity contribution < 1.29 is 4.74 Å². The molecule has 2 N–H and O–H groups in total. The van der Waals surface area contributed by atoms with Gasteiger partial charge in [-0.1, -0.05) is 22.0 Å². The van der Waals surface area contributed by atoms with Gasteiger partial charge in [0.2, 0.25) is 0 Å². The lowest BCUT2D eigenvalue weighted by molar-refractivity contribution is 0.0169. The summed E-state index contributed by atoms with van der Waals surface area (Å²) < 4.78 is 6.74. The van der Waals surface area contributed by atoms with E-state index in [9.17, 15) is 0 Å². The first-order valence-corrected chi connectivity index (χ1v) is 6.20. The number of rotatable bonds is 2. The normalized spacial score (nSPS) is 21.5. The number of hydrogen-bond acceptors (Lipinski definition) is 2. The highest BCUT2D eigenvalue weighted by atomic mass is 79.9. The Morgan fingerprint density at radius 3 is 2.93 bits per heavy atom. The van der Waals surface area contributed by atoms with Gasteiger partial charge in [0.1, 0.15) is 0 Å². The molecule has 1 fully saturated rings. The third-order valence-corrected chi connectivity index (χ3v) is 3.32. The lowest BCUT2D eigenvalue weighted by atomic mass is 10.0. The lowest BCUT2D eigenvalue weighted by Crippen LogP contribution is -2.21. The molecule has 82 valence electrons. The van der Waals surface area contributed by atoms with E-state index in [2.05, 4.69) is 22.0 Å². The van der Waals surface area contributed by atoms with Crippen molar-refractivity contribution in [1.29, 1.82) is 0 Å². The maximum absolute atomic E-state index is 5.95. The number of nitrogen functional groups attached to an aromatic ring is 1. The van der Waals surface area contributed by atoms with Crippen molar-refractivity contribution >= 4 is 21.6 Å². The van der Waals surface area contributed by atoms with E-state index < -0.39 is 0 Å². The fraction of sp³-hybridized carbons (Fsp3) is 0.500. The molecule has 0 aliphatic carbocycles. The number of nitrogens with two attached hydrogens (primary N) is 1. The first-order valence-electron chi connectivity index (χ1n) is 5.41. The van der Waals surface area contributed by atoms with Gasteiger partial charge in [-0.2, -0.15) is 0 Å². The average molecular weight is 270 g/mol. The highest BCUT2D eigenvalue weighted by molar-refractivity contribution is 9.10. The summed E-state index contributed by atoms with van der Waals surface area (Å²) in [6.07, 6.45) is 4.95. The molecular weight excluding hydrogens is 254 g/mol. The van der Waals surface area contributed by atoms with Crippen LogP contribution in [0.3, 0.4) is 0 Å². The summed E-state index contributed by atoms with van der Waals surface area (Å²) in [7, 11) is 0. The highest BCUT2D eigenvalue weighted by Crippen LogP contribution is 2.23. The molecule has 3 heteroatoms. The van der Waals surface area contributed by atoms with Crippen LogP contribution in [0.25, 0.3) is 0 Å². The van der Waals surface area contributed by atoms with E-state index >= 15 is 0 Å². The Morgan fingerprint density at radius 2 is 2.27 bits per heavy atom. The molecule has 2 nitrogen and oxygen atoms in total. The van der Waals surface area contributed by atoms with Crippen LogP contribution in [-0.4, -0.2) is 12.7 Å². The number of benzene rings is 1. The van der Waals surface area contributed by atoms with Crippen LogP contribution >= 0.6 is 15.9 Å². The van der Waals surface area contributed by atoms with Crippen molar-refractivity contribution in [1.82, 2.24) is 0 Å².